The maximum atomic E-state index is 4.12. The topological polar surface area (TPSA) is 25.2 Å². The number of aromatic nitrogens is 1. The van der Waals surface area contributed by atoms with Gasteiger partial charge in [0.15, 0.2) is 0 Å². The summed E-state index contributed by atoms with van der Waals surface area (Å²) < 4.78 is 0. The predicted molar refractivity (Wildman–Crippen MR) is 52.4 cm³/mol. The zero-order valence-corrected chi connectivity index (χ0v) is 7.41. The van der Waals surface area contributed by atoms with E-state index in [1.54, 1.807) is 18.6 Å². The van der Waals surface area contributed by atoms with Crippen LogP contribution in [0.3, 0.4) is 0 Å². The van der Waals surface area contributed by atoms with E-state index in [-0.39, 0.29) is 0 Å². The van der Waals surface area contributed by atoms with Gasteiger partial charge < -0.3 is 0 Å². The van der Waals surface area contributed by atoms with Crippen molar-refractivity contribution in [2.75, 3.05) is 0 Å². The molecule has 0 aliphatic carbocycles. The van der Waals surface area contributed by atoms with Crippen LogP contribution in [-0.4, -0.2) is 11.2 Å². The van der Waals surface area contributed by atoms with Gasteiger partial charge >= 0.3 is 0 Å². The molecule has 0 unspecified atom stereocenters. The van der Waals surface area contributed by atoms with E-state index in [4.69, 9.17) is 0 Å². The maximum absolute atomic E-state index is 4.12. The number of aliphatic imine (C=N–C) groups is 1. The Morgan fingerprint density at radius 1 is 1.58 bits per heavy atom. The Morgan fingerprint density at radius 3 is 3.00 bits per heavy atom. The maximum Gasteiger partial charge on any atom is 0.0645 e. The molecule has 0 aliphatic heterocycles. The molecule has 0 saturated heterocycles. The van der Waals surface area contributed by atoms with Crippen LogP contribution in [0.15, 0.2) is 17.3 Å². The van der Waals surface area contributed by atoms with Gasteiger partial charge in [0.25, 0.3) is 0 Å². The van der Waals surface area contributed by atoms with Crippen LogP contribution in [0.1, 0.15) is 12.5 Å². The van der Waals surface area contributed by atoms with Crippen molar-refractivity contribution >= 4 is 19.0 Å². The van der Waals surface area contributed by atoms with Crippen LogP contribution in [0, 0.1) is 6.92 Å². The van der Waals surface area contributed by atoms with Gasteiger partial charge in [0.2, 0.25) is 0 Å². The Kier molecular flexibility index (Phi) is 2.75. The smallest absolute Gasteiger partial charge is 0.0645 e. The van der Waals surface area contributed by atoms with Gasteiger partial charge in [0.1, 0.15) is 0 Å². The zero-order chi connectivity index (χ0) is 8.97. The largest absolute Gasteiger partial charge is 0.269 e. The summed E-state index contributed by atoms with van der Waals surface area (Å²) in [4.78, 5) is 8.13. The van der Waals surface area contributed by atoms with E-state index in [0.717, 1.165) is 16.1 Å². The van der Waals surface area contributed by atoms with Crippen molar-refractivity contribution in [1.29, 1.82) is 0 Å². The highest BCUT2D eigenvalue weighted by Gasteiger charge is 1.84. The van der Waals surface area contributed by atoms with Crippen molar-refractivity contribution in [3.8, 4) is 0 Å². The minimum Gasteiger partial charge on any atom is -0.269 e. The van der Waals surface area contributed by atoms with Gasteiger partial charge in [-0.2, -0.15) is 0 Å². The molecule has 1 aromatic heterocycles. The molecule has 0 atom stereocenters. The third kappa shape index (κ3) is 2.02. The molecular weight excluding hydrogens is 148 g/mol. The van der Waals surface area contributed by atoms with Crippen LogP contribution in [0.25, 0.3) is 12.8 Å². The molecule has 62 valence electrons. The minimum atomic E-state index is 0.770. The van der Waals surface area contributed by atoms with E-state index < -0.39 is 0 Å². The summed E-state index contributed by atoms with van der Waals surface area (Å²) in [6.07, 6.45) is 5.30. The zero-order valence-electron chi connectivity index (χ0n) is 7.41. The van der Waals surface area contributed by atoms with Gasteiger partial charge in [0.05, 0.1) is 5.35 Å². The summed E-state index contributed by atoms with van der Waals surface area (Å²) in [6, 6.07) is 2.02. The van der Waals surface area contributed by atoms with Gasteiger partial charge in [-0.15, -0.1) is 0 Å². The van der Waals surface area contributed by atoms with E-state index in [1.165, 1.54) is 0 Å². The van der Waals surface area contributed by atoms with Crippen LogP contribution in [0.2, 0.25) is 0 Å². The number of hydrogen-bond acceptors (Lipinski definition) is 2. The summed E-state index contributed by atoms with van der Waals surface area (Å²) in [7, 11) is 0. The number of pyridine rings is 1. The SMILES string of the molecule is C=c1ncc(C)c/c1=C/N=CC. The van der Waals surface area contributed by atoms with E-state index in [1.807, 2.05) is 19.9 Å². The van der Waals surface area contributed by atoms with Crippen molar-refractivity contribution in [3.63, 3.8) is 0 Å². The molecule has 0 spiro atoms. The second kappa shape index (κ2) is 3.81. The average Bonchev–Trinajstić information content (AvgIpc) is 2.07. The third-order valence-electron chi connectivity index (χ3n) is 1.50. The van der Waals surface area contributed by atoms with Crippen molar-refractivity contribution < 1.29 is 0 Å². The highest BCUT2D eigenvalue weighted by molar-refractivity contribution is 5.57. The Hall–Kier alpha value is -1.44. The highest BCUT2D eigenvalue weighted by Crippen LogP contribution is 1.82. The van der Waals surface area contributed by atoms with Gasteiger partial charge in [-0.25, -0.2) is 0 Å². The van der Waals surface area contributed by atoms with Gasteiger partial charge in [-0.3, -0.25) is 9.98 Å². The number of rotatable bonds is 1. The first-order chi connectivity index (χ1) is 5.74. The molecule has 0 fully saturated rings. The predicted octanol–water partition coefficient (Wildman–Crippen LogP) is 0.629. The molecule has 0 radical (unpaired) electrons. The lowest BCUT2D eigenvalue weighted by Crippen LogP contribution is -2.26. The average molecular weight is 160 g/mol. The Bertz CT molecular complexity index is 391. The molecule has 2 heteroatoms. The van der Waals surface area contributed by atoms with E-state index in [2.05, 4.69) is 16.6 Å². The lowest BCUT2D eigenvalue weighted by molar-refractivity contribution is 1.18. The second-order valence-corrected chi connectivity index (χ2v) is 2.58. The summed E-state index contributed by atoms with van der Waals surface area (Å²) >= 11 is 0. The molecule has 0 saturated carbocycles. The van der Waals surface area contributed by atoms with Crippen LogP contribution >= 0.6 is 0 Å². The van der Waals surface area contributed by atoms with Crippen molar-refractivity contribution in [2.45, 2.75) is 13.8 Å². The molecule has 12 heavy (non-hydrogen) atoms. The van der Waals surface area contributed by atoms with Crippen LogP contribution in [-0.2, 0) is 0 Å². The Balaban J connectivity index is 3.32. The van der Waals surface area contributed by atoms with Gasteiger partial charge in [-0.05, 0) is 25.5 Å². The quantitative estimate of drug-likeness (QED) is 0.553. The first-order valence-electron chi connectivity index (χ1n) is 3.83. The van der Waals surface area contributed by atoms with Crippen molar-refractivity contribution in [1.82, 2.24) is 4.98 Å². The first-order valence-corrected chi connectivity index (χ1v) is 3.83. The summed E-state index contributed by atoms with van der Waals surface area (Å²) in [5.74, 6) is 0. The lowest BCUT2D eigenvalue weighted by atomic mass is 10.3. The molecule has 0 aromatic carbocycles. The number of nitrogens with zero attached hydrogens (tertiary/aromatic N) is 2. The molecule has 0 bridgehead atoms. The fraction of sp³-hybridized carbons (Fsp3) is 0.200. The first kappa shape index (κ1) is 8.65. The summed E-state index contributed by atoms with van der Waals surface area (Å²) in [6.45, 7) is 7.68. The normalized spacial score (nSPS) is 12.7. The van der Waals surface area contributed by atoms with Crippen molar-refractivity contribution in [2.24, 2.45) is 4.99 Å². The monoisotopic (exact) mass is 160 g/mol. The van der Waals surface area contributed by atoms with E-state index >= 15 is 0 Å². The Labute approximate surface area is 72.0 Å². The van der Waals surface area contributed by atoms with Crippen LogP contribution < -0.4 is 10.6 Å². The lowest BCUT2D eigenvalue weighted by Gasteiger charge is -1.89. The van der Waals surface area contributed by atoms with Crippen LogP contribution in [0.4, 0.5) is 0 Å². The Morgan fingerprint density at radius 2 is 2.33 bits per heavy atom. The number of hydrogen-bond donors (Lipinski definition) is 0. The van der Waals surface area contributed by atoms with E-state index in [0.29, 0.717) is 0 Å². The second-order valence-electron chi connectivity index (χ2n) is 2.58. The summed E-state index contributed by atoms with van der Waals surface area (Å²) in [5.41, 5.74) is 1.12. The molecule has 1 aromatic rings. The fourth-order valence-corrected chi connectivity index (χ4v) is 0.887. The van der Waals surface area contributed by atoms with Crippen LogP contribution in [0.5, 0.6) is 0 Å². The molecule has 0 N–H and O–H groups in total. The van der Waals surface area contributed by atoms with Gasteiger partial charge in [-0.1, -0.05) is 6.58 Å². The van der Waals surface area contributed by atoms with Crippen molar-refractivity contribution in [3.05, 3.63) is 28.4 Å². The molecule has 2 nitrogen and oxygen atoms in total. The molecular formula is C10H12N2. The summed E-state index contributed by atoms with van der Waals surface area (Å²) in [5, 5.41) is 1.75. The molecule has 0 amide bonds. The molecule has 1 heterocycles. The highest BCUT2D eigenvalue weighted by atomic mass is 14.7. The van der Waals surface area contributed by atoms with E-state index in [9.17, 15) is 0 Å². The number of aryl methyl sites for hydroxylation is 1. The standard InChI is InChI=1S/C10H12N2/c1-4-11-7-10-5-8(2)6-12-9(10)3/h4-7H,3H2,1-2H3/b10-7-,11-4?. The third-order valence-corrected chi connectivity index (χ3v) is 1.50. The van der Waals surface area contributed by atoms with Gasteiger partial charge in [0, 0.05) is 23.8 Å². The fourth-order valence-electron chi connectivity index (χ4n) is 0.887. The minimum absolute atomic E-state index is 0.770. The molecule has 1 rings (SSSR count). The molecule has 0 aliphatic rings.